The Kier molecular flexibility index (Phi) is 7.89. The maximum Gasteiger partial charge on any atom is 0.422 e. The lowest BCUT2D eigenvalue weighted by molar-refractivity contribution is -0.385. The Bertz CT molecular complexity index is 1170. The number of nitrogens with one attached hydrogen (secondary N) is 2. The number of alkyl halides is 3. The number of carbonyl (C=O) groups is 1. The summed E-state index contributed by atoms with van der Waals surface area (Å²) in [4.78, 5) is 32.1. The number of carbonyl (C=O) groups excluding carboxylic acids is 1. The van der Waals surface area contributed by atoms with Crippen LogP contribution in [0.5, 0.6) is 5.75 Å². The number of non-ortho nitro benzene ring substituents is 1. The van der Waals surface area contributed by atoms with Crippen molar-refractivity contribution in [3.05, 3.63) is 68.3 Å². The highest BCUT2D eigenvalue weighted by Crippen LogP contribution is 2.26. The smallest absolute Gasteiger partial charge is 0.422 e. The first kappa shape index (κ1) is 25.5. The Morgan fingerprint density at radius 3 is 2.33 bits per heavy atom. The lowest BCUT2D eigenvalue weighted by atomic mass is 10.1. The van der Waals surface area contributed by atoms with Gasteiger partial charge in [-0.3, -0.25) is 25.0 Å². The van der Waals surface area contributed by atoms with Crippen molar-refractivity contribution < 1.29 is 41.0 Å². The van der Waals surface area contributed by atoms with Crippen molar-refractivity contribution in [1.29, 1.82) is 0 Å². The first-order chi connectivity index (χ1) is 15.3. The average molecular weight is 492 g/mol. The van der Waals surface area contributed by atoms with Gasteiger partial charge in [-0.05, 0) is 18.2 Å². The third kappa shape index (κ3) is 7.39. The number of hydrogen-bond acceptors (Lipinski definition) is 8. The third-order valence-electron chi connectivity index (χ3n) is 3.85. The van der Waals surface area contributed by atoms with E-state index < -0.39 is 72.7 Å². The molecule has 0 saturated carbocycles. The first-order valence-corrected chi connectivity index (χ1v) is 10.3. The topological polar surface area (TPSA) is 171 Å². The van der Waals surface area contributed by atoms with E-state index in [2.05, 4.69) is 14.8 Å². The molecule has 0 aliphatic rings. The van der Waals surface area contributed by atoms with Crippen LogP contribution in [0.2, 0.25) is 0 Å². The molecule has 178 valence electrons. The van der Waals surface area contributed by atoms with Gasteiger partial charge in [-0.25, -0.2) is 13.1 Å². The molecule has 1 amide bonds. The van der Waals surface area contributed by atoms with Crippen LogP contribution < -0.4 is 14.8 Å². The number of halogens is 3. The van der Waals surface area contributed by atoms with Gasteiger partial charge in [0.1, 0.15) is 11.3 Å². The van der Waals surface area contributed by atoms with Crippen LogP contribution in [0.4, 0.5) is 24.5 Å². The number of ether oxygens (including phenoxy) is 1. The fourth-order valence-electron chi connectivity index (χ4n) is 2.42. The maximum absolute atomic E-state index is 12.3. The van der Waals surface area contributed by atoms with Gasteiger partial charge in [-0.1, -0.05) is 6.07 Å². The molecule has 0 aliphatic carbocycles. The van der Waals surface area contributed by atoms with Gasteiger partial charge in [-0.2, -0.15) is 13.2 Å². The van der Waals surface area contributed by atoms with E-state index in [4.69, 9.17) is 0 Å². The first-order valence-electron chi connectivity index (χ1n) is 8.80. The lowest BCUT2D eigenvalue weighted by Crippen LogP contribution is -2.35. The molecule has 0 saturated heterocycles. The van der Waals surface area contributed by atoms with Crippen LogP contribution in [0.3, 0.4) is 0 Å². The number of hydrogen-bond donors (Lipinski definition) is 2. The van der Waals surface area contributed by atoms with E-state index in [1.807, 2.05) is 0 Å². The molecular formula is C17H15F3N4O8S. The van der Waals surface area contributed by atoms with E-state index in [1.54, 1.807) is 0 Å². The summed E-state index contributed by atoms with van der Waals surface area (Å²) in [6.07, 6.45) is -4.67. The molecular weight excluding hydrogens is 477 g/mol. The van der Waals surface area contributed by atoms with E-state index >= 15 is 0 Å². The fourth-order valence-corrected chi connectivity index (χ4v) is 3.49. The molecule has 2 aromatic carbocycles. The predicted octanol–water partition coefficient (Wildman–Crippen LogP) is 2.15. The quantitative estimate of drug-likeness (QED) is 0.289. The molecule has 0 aromatic heterocycles. The second-order valence-corrected chi connectivity index (χ2v) is 8.02. The van der Waals surface area contributed by atoms with E-state index in [1.165, 1.54) is 6.07 Å². The summed E-state index contributed by atoms with van der Waals surface area (Å²) in [7, 11) is -4.17. The summed E-state index contributed by atoms with van der Waals surface area (Å²) < 4.78 is 67.9. The zero-order valence-electron chi connectivity index (χ0n) is 16.4. The van der Waals surface area contributed by atoms with Gasteiger partial charge in [0.2, 0.25) is 10.0 Å². The number of amides is 1. The fraction of sp³-hybridized carbons (Fsp3) is 0.235. The number of nitrogens with zero attached hydrogens (tertiary/aromatic N) is 2. The van der Waals surface area contributed by atoms with E-state index in [9.17, 15) is 46.6 Å². The van der Waals surface area contributed by atoms with Crippen molar-refractivity contribution in [2.24, 2.45) is 0 Å². The van der Waals surface area contributed by atoms with Gasteiger partial charge < -0.3 is 10.1 Å². The molecule has 0 spiro atoms. The van der Waals surface area contributed by atoms with E-state index in [0.717, 1.165) is 36.4 Å². The maximum atomic E-state index is 12.3. The standard InChI is InChI=1S/C17H15F3N4O8S/c18-17(19,20)10-32-12-4-5-15(24(28)29)14(9-12)16(25)21-6-7-22-33(30,31)13-3-1-2-11(8-13)23(26)27/h1-5,8-9,22H,6-7,10H2,(H,21,25). The van der Waals surface area contributed by atoms with Crippen molar-refractivity contribution >= 4 is 27.3 Å². The van der Waals surface area contributed by atoms with Crippen molar-refractivity contribution in [3.63, 3.8) is 0 Å². The summed E-state index contributed by atoms with van der Waals surface area (Å²) in [6, 6.07) is 6.66. The number of nitro groups is 2. The molecule has 0 bridgehead atoms. The third-order valence-corrected chi connectivity index (χ3v) is 5.31. The number of nitro benzene ring substituents is 2. The van der Waals surface area contributed by atoms with Crippen LogP contribution >= 0.6 is 0 Å². The second kappa shape index (κ2) is 10.2. The molecule has 0 unspecified atom stereocenters. The van der Waals surface area contributed by atoms with Gasteiger partial charge in [0, 0.05) is 31.3 Å². The second-order valence-electron chi connectivity index (χ2n) is 6.25. The number of benzene rings is 2. The molecule has 2 N–H and O–H groups in total. The normalized spacial score (nSPS) is 11.6. The van der Waals surface area contributed by atoms with Gasteiger partial charge in [-0.15, -0.1) is 0 Å². The molecule has 0 fully saturated rings. The van der Waals surface area contributed by atoms with Crippen molar-refractivity contribution in [3.8, 4) is 5.75 Å². The zero-order chi connectivity index (χ0) is 24.8. The Morgan fingerprint density at radius 1 is 1.03 bits per heavy atom. The van der Waals surface area contributed by atoms with Crippen LogP contribution in [0.15, 0.2) is 47.4 Å². The largest absolute Gasteiger partial charge is 0.484 e. The van der Waals surface area contributed by atoms with Crippen LogP contribution in [0, 0.1) is 20.2 Å². The summed E-state index contributed by atoms with van der Waals surface area (Å²) >= 11 is 0. The molecule has 2 aromatic rings. The molecule has 0 atom stereocenters. The Balaban J connectivity index is 2.04. The molecule has 0 heterocycles. The van der Waals surface area contributed by atoms with Gasteiger partial charge >= 0.3 is 6.18 Å². The minimum absolute atomic E-state index is 0.363. The molecule has 0 radical (unpaired) electrons. The van der Waals surface area contributed by atoms with E-state index in [0.29, 0.717) is 0 Å². The summed E-state index contributed by atoms with van der Waals surface area (Å²) in [5.74, 6) is -1.50. The highest BCUT2D eigenvalue weighted by molar-refractivity contribution is 7.89. The van der Waals surface area contributed by atoms with Crippen molar-refractivity contribution in [2.75, 3.05) is 19.7 Å². The van der Waals surface area contributed by atoms with Crippen LogP contribution in [0.25, 0.3) is 0 Å². The highest BCUT2D eigenvalue weighted by Gasteiger charge is 2.29. The summed E-state index contributed by atoms with van der Waals surface area (Å²) in [6.45, 7) is -2.43. The minimum atomic E-state index is -4.67. The zero-order valence-corrected chi connectivity index (χ0v) is 17.2. The predicted molar refractivity (Wildman–Crippen MR) is 105 cm³/mol. The van der Waals surface area contributed by atoms with Crippen molar-refractivity contribution in [1.82, 2.24) is 10.0 Å². The van der Waals surface area contributed by atoms with E-state index in [-0.39, 0.29) is 6.54 Å². The Hall–Kier alpha value is -3.79. The molecule has 0 aliphatic heterocycles. The van der Waals surface area contributed by atoms with Crippen LogP contribution in [0.1, 0.15) is 10.4 Å². The molecule has 16 heteroatoms. The Labute approximate surface area is 183 Å². The monoisotopic (exact) mass is 492 g/mol. The Morgan fingerprint density at radius 2 is 1.73 bits per heavy atom. The van der Waals surface area contributed by atoms with Gasteiger partial charge in [0.25, 0.3) is 17.3 Å². The lowest BCUT2D eigenvalue weighted by Gasteiger charge is -2.11. The average Bonchev–Trinajstić information content (AvgIpc) is 2.74. The highest BCUT2D eigenvalue weighted by atomic mass is 32.2. The number of rotatable bonds is 10. The summed E-state index contributed by atoms with van der Waals surface area (Å²) in [5.41, 5.74) is -1.75. The van der Waals surface area contributed by atoms with Crippen molar-refractivity contribution in [2.45, 2.75) is 11.1 Å². The summed E-state index contributed by atoms with van der Waals surface area (Å²) in [5, 5.41) is 24.1. The van der Waals surface area contributed by atoms with Gasteiger partial charge in [0.05, 0.1) is 14.7 Å². The SMILES string of the molecule is O=C(NCCNS(=O)(=O)c1cccc([N+](=O)[O-])c1)c1cc(OCC(F)(F)F)ccc1[N+](=O)[O-]. The molecule has 12 nitrogen and oxygen atoms in total. The van der Waals surface area contributed by atoms with Gasteiger partial charge in [0.15, 0.2) is 6.61 Å². The molecule has 2 rings (SSSR count). The van der Waals surface area contributed by atoms with Crippen LogP contribution in [-0.2, 0) is 10.0 Å². The minimum Gasteiger partial charge on any atom is -0.484 e. The number of sulfonamides is 1. The van der Waals surface area contributed by atoms with Crippen LogP contribution in [-0.4, -0.2) is 50.0 Å². The molecule has 33 heavy (non-hydrogen) atoms.